The molecule has 1 N–H and O–H groups in total. The quantitative estimate of drug-likeness (QED) is 0.829. The third-order valence-electron chi connectivity index (χ3n) is 1.85. The molecule has 0 amide bonds. The highest BCUT2D eigenvalue weighted by Gasteiger charge is 2.09. The van der Waals surface area contributed by atoms with Crippen LogP contribution in [0, 0.1) is 0 Å². The standard InChI is InChI=1S/C9H13NO3S/c1-3-8-6-4-5-7-9(8)10-14(11,12)13-2/h4-7,10H,3H2,1-2H3. The number of hydrogen-bond donors (Lipinski definition) is 1. The van der Waals surface area contributed by atoms with Gasteiger partial charge in [0.1, 0.15) is 0 Å². The molecule has 1 aromatic rings. The van der Waals surface area contributed by atoms with Gasteiger partial charge in [0.25, 0.3) is 0 Å². The van der Waals surface area contributed by atoms with Crippen molar-refractivity contribution in [1.29, 1.82) is 0 Å². The van der Waals surface area contributed by atoms with Crippen molar-refractivity contribution in [3.05, 3.63) is 29.8 Å². The van der Waals surface area contributed by atoms with Crippen LogP contribution in [-0.4, -0.2) is 15.5 Å². The molecule has 0 aliphatic carbocycles. The first-order valence-electron chi connectivity index (χ1n) is 4.25. The van der Waals surface area contributed by atoms with E-state index in [2.05, 4.69) is 8.91 Å². The Bertz CT molecular complexity index is 400. The average molecular weight is 215 g/mol. The first-order valence-corrected chi connectivity index (χ1v) is 5.66. The molecule has 4 nitrogen and oxygen atoms in total. The zero-order valence-corrected chi connectivity index (χ0v) is 8.97. The second-order valence-electron chi connectivity index (χ2n) is 2.73. The fraction of sp³-hybridized carbons (Fsp3) is 0.333. The van der Waals surface area contributed by atoms with Crippen LogP contribution in [0.1, 0.15) is 12.5 Å². The predicted molar refractivity (Wildman–Crippen MR) is 55.4 cm³/mol. The Balaban J connectivity index is 2.97. The van der Waals surface area contributed by atoms with Gasteiger partial charge in [-0.3, -0.25) is 8.91 Å². The Morgan fingerprint density at radius 1 is 1.36 bits per heavy atom. The van der Waals surface area contributed by atoms with E-state index in [4.69, 9.17) is 0 Å². The number of aryl methyl sites for hydroxylation is 1. The summed E-state index contributed by atoms with van der Waals surface area (Å²) in [6, 6.07) is 7.21. The van der Waals surface area contributed by atoms with Crippen molar-refractivity contribution >= 4 is 16.0 Å². The monoisotopic (exact) mass is 215 g/mol. The molecule has 0 fully saturated rings. The molecule has 0 aliphatic heterocycles. The van der Waals surface area contributed by atoms with Crippen molar-refractivity contribution in [1.82, 2.24) is 0 Å². The Morgan fingerprint density at radius 3 is 2.57 bits per heavy atom. The highest BCUT2D eigenvalue weighted by atomic mass is 32.2. The summed E-state index contributed by atoms with van der Waals surface area (Å²) < 4.78 is 28.8. The van der Waals surface area contributed by atoms with Gasteiger partial charge in [0.05, 0.1) is 12.8 Å². The maximum absolute atomic E-state index is 11.1. The van der Waals surface area contributed by atoms with Gasteiger partial charge in [-0.25, -0.2) is 0 Å². The highest BCUT2D eigenvalue weighted by Crippen LogP contribution is 2.16. The number of benzene rings is 1. The molecule has 78 valence electrons. The molecule has 0 atom stereocenters. The summed E-state index contributed by atoms with van der Waals surface area (Å²) in [5.74, 6) is 0. The fourth-order valence-corrected chi connectivity index (χ4v) is 1.66. The van der Waals surface area contributed by atoms with Crippen LogP contribution in [-0.2, 0) is 20.9 Å². The van der Waals surface area contributed by atoms with Gasteiger partial charge in [-0.1, -0.05) is 25.1 Å². The molecule has 1 aromatic carbocycles. The van der Waals surface area contributed by atoms with E-state index < -0.39 is 10.3 Å². The smallest absolute Gasteiger partial charge is 0.261 e. The van der Waals surface area contributed by atoms with Crippen LogP contribution in [0.4, 0.5) is 5.69 Å². The Labute approximate surface area is 84.2 Å². The van der Waals surface area contributed by atoms with Gasteiger partial charge in [0.15, 0.2) is 0 Å². The minimum atomic E-state index is -3.66. The van der Waals surface area contributed by atoms with E-state index >= 15 is 0 Å². The first-order chi connectivity index (χ1) is 6.59. The number of hydrogen-bond acceptors (Lipinski definition) is 3. The molecule has 0 heterocycles. The molecule has 0 aliphatic rings. The normalized spacial score (nSPS) is 11.3. The van der Waals surface area contributed by atoms with Crippen LogP contribution in [0.3, 0.4) is 0 Å². The maximum atomic E-state index is 11.1. The van der Waals surface area contributed by atoms with Gasteiger partial charge in [0, 0.05) is 0 Å². The van der Waals surface area contributed by atoms with Crippen molar-refractivity contribution in [3.8, 4) is 0 Å². The Hall–Kier alpha value is -1.07. The molecule has 14 heavy (non-hydrogen) atoms. The van der Waals surface area contributed by atoms with Crippen LogP contribution >= 0.6 is 0 Å². The molecule has 0 radical (unpaired) electrons. The van der Waals surface area contributed by atoms with E-state index in [1.54, 1.807) is 12.1 Å². The van der Waals surface area contributed by atoms with Crippen LogP contribution in [0.5, 0.6) is 0 Å². The maximum Gasteiger partial charge on any atom is 0.359 e. The van der Waals surface area contributed by atoms with Crippen molar-refractivity contribution in [2.24, 2.45) is 0 Å². The summed E-state index contributed by atoms with van der Waals surface area (Å²) in [5.41, 5.74) is 1.50. The van der Waals surface area contributed by atoms with Crippen LogP contribution < -0.4 is 4.72 Å². The Morgan fingerprint density at radius 2 is 2.00 bits per heavy atom. The molecular weight excluding hydrogens is 202 g/mol. The second-order valence-corrected chi connectivity index (χ2v) is 4.18. The first kappa shape index (κ1) is 11.0. The third kappa shape index (κ3) is 2.71. The lowest BCUT2D eigenvalue weighted by Gasteiger charge is -2.09. The van der Waals surface area contributed by atoms with E-state index in [1.165, 1.54) is 0 Å². The molecule has 5 heteroatoms. The zero-order valence-electron chi connectivity index (χ0n) is 8.15. The van der Waals surface area contributed by atoms with Gasteiger partial charge in [-0.2, -0.15) is 8.42 Å². The molecular formula is C9H13NO3S. The van der Waals surface area contributed by atoms with Gasteiger partial charge >= 0.3 is 10.3 Å². The number of rotatable bonds is 4. The summed E-state index contributed by atoms with van der Waals surface area (Å²) >= 11 is 0. The lowest BCUT2D eigenvalue weighted by molar-refractivity contribution is 0.402. The van der Waals surface area contributed by atoms with E-state index in [0.717, 1.165) is 19.1 Å². The molecule has 1 rings (SSSR count). The second kappa shape index (κ2) is 4.43. The van der Waals surface area contributed by atoms with Crippen molar-refractivity contribution in [3.63, 3.8) is 0 Å². The topological polar surface area (TPSA) is 55.4 Å². The molecule has 0 aromatic heterocycles. The van der Waals surface area contributed by atoms with Gasteiger partial charge in [0.2, 0.25) is 0 Å². The number of nitrogens with one attached hydrogen (secondary N) is 1. The molecule has 0 spiro atoms. The summed E-state index contributed by atoms with van der Waals surface area (Å²) in [6.45, 7) is 1.96. The van der Waals surface area contributed by atoms with Gasteiger partial charge in [-0.05, 0) is 18.1 Å². The minimum absolute atomic E-state index is 0.567. The summed E-state index contributed by atoms with van der Waals surface area (Å²) in [4.78, 5) is 0. The lowest BCUT2D eigenvalue weighted by atomic mass is 10.1. The van der Waals surface area contributed by atoms with E-state index in [1.807, 2.05) is 19.1 Å². The summed E-state index contributed by atoms with van der Waals surface area (Å²) in [6.07, 6.45) is 0.766. The van der Waals surface area contributed by atoms with Crippen molar-refractivity contribution in [2.45, 2.75) is 13.3 Å². The third-order valence-corrected chi connectivity index (χ3v) is 2.76. The van der Waals surface area contributed by atoms with Crippen molar-refractivity contribution in [2.75, 3.05) is 11.8 Å². The Kier molecular flexibility index (Phi) is 3.49. The molecule has 0 saturated carbocycles. The van der Waals surface area contributed by atoms with Crippen LogP contribution in [0.25, 0.3) is 0 Å². The van der Waals surface area contributed by atoms with Gasteiger partial charge in [-0.15, -0.1) is 0 Å². The summed E-state index contributed by atoms with van der Waals surface area (Å²) in [5, 5.41) is 0. The fourth-order valence-electron chi connectivity index (χ4n) is 1.10. The van der Waals surface area contributed by atoms with Crippen LogP contribution in [0.2, 0.25) is 0 Å². The van der Waals surface area contributed by atoms with E-state index in [-0.39, 0.29) is 0 Å². The zero-order chi connectivity index (χ0) is 10.6. The molecule has 0 saturated heterocycles. The predicted octanol–water partition coefficient (Wildman–Crippen LogP) is 1.55. The van der Waals surface area contributed by atoms with E-state index in [0.29, 0.717) is 5.69 Å². The van der Waals surface area contributed by atoms with E-state index in [9.17, 15) is 8.42 Å². The minimum Gasteiger partial charge on any atom is -0.261 e. The number of para-hydroxylation sites is 1. The summed E-state index contributed by atoms with van der Waals surface area (Å²) in [7, 11) is -2.53. The molecule has 0 bridgehead atoms. The highest BCUT2D eigenvalue weighted by molar-refractivity contribution is 7.88. The largest absolute Gasteiger partial charge is 0.359 e. The van der Waals surface area contributed by atoms with Gasteiger partial charge < -0.3 is 0 Å². The molecule has 0 unspecified atom stereocenters. The SMILES string of the molecule is CCc1ccccc1NS(=O)(=O)OC. The van der Waals surface area contributed by atoms with Crippen LogP contribution in [0.15, 0.2) is 24.3 Å². The number of anilines is 1. The lowest BCUT2D eigenvalue weighted by Crippen LogP contribution is -2.14. The average Bonchev–Trinajstić information content (AvgIpc) is 2.18. The van der Waals surface area contributed by atoms with Crippen molar-refractivity contribution < 1.29 is 12.6 Å².